The summed E-state index contributed by atoms with van der Waals surface area (Å²) in [7, 11) is 1.90. The number of ether oxygens (including phenoxy) is 2. The Bertz CT molecular complexity index is 726. The van der Waals surface area contributed by atoms with Gasteiger partial charge in [-0.25, -0.2) is 4.79 Å². The summed E-state index contributed by atoms with van der Waals surface area (Å²) in [5, 5.41) is 5.40. The number of esters is 1. The first kappa shape index (κ1) is 14.2. The third kappa shape index (κ3) is 1.80. The van der Waals surface area contributed by atoms with Crippen molar-refractivity contribution in [3.05, 3.63) is 16.6 Å². The Hall–Kier alpha value is -1.40. The molecular weight excluding hydrogens is 300 g/mol. The zero-order chi connectivity index (χ0) is 15.6. The lowest BCUT2D eigenvalue weighted by molar-refractivity contribution is -0.183. The third-order valence-corrected chi connectivity index (χ3v) is 6.31. The quantitative estimate of drug-likeness (QED) is 0.798. The number of nitrogens with zero attached hydrogens (tertiary/aromatic N) is 2. The predicted molar refractivity (Wildman–Crippen MR) is 84.2 cm³/mol. The highest BCUT2D eigenvalue weighted by Crippen LogP contribution is 2.54. The average Bonchev–Trinajstić information content (AvgIpc) is 3.14. The lowest BCUT2D eigenvalue weighted by atomic mass is 9.59. The van der Waals surface area contributed by atoms with Crippen LogP contribution in [0.3, 0.4) is 0 Å². The highest BCUT2D eigenvalue weighted by atomic mass is 32.1. The molecule has 3 atom stereocenters. The monoisotopic (exact) mass is 320 g/mol. The van der Waals surface area contributed by atoms with Gasteiger partial charge in [0.05, 0.1) is 11.8 Å². The van der Waals surface area contributed by atoms with Crippen LogP contribution >= 0.6 is 11.3 Å². The Morgan fingerprint density at radius 2 is 2.32 bits per heavy atom. The first-order valence-electron chi connectivity index (χ1n) is 7.65. The van der Waals surface area contributed by atoms with Gasteiger partial charge in [-0.1, -0.05) is 13.8 Å². The fraction of sp³-hybridized carbons (Fsp3) is 0.625. The number of carbonyl (C=O) groups is 1. The maximum atomic E-state index is 12.5. The molecule has 1 aliphatic heterocycles. The zero-order valence-electron chi connectivity index (χ0n) is 13.3. The molecule has 3 heterocycles. The molecule has 0 amide bonds. The van der Waals surface area contributed by atoms with Crippen LogP contribution in [0.15, 0.2) is 6.07 Å². The van der Waals surface area contributed by atoms with Gasteiger partial charge in [-0.15, -0.1) is 11.3 Å². The van der Waals surface area contributed by atoms with E-state index >= 15 is 0 Å². The number of hydrogen-bond acceptors (Lipinski definition) is 5. The van der Waals surface area contributed by atoms with E-state index < -0.39 is 0 Å². The molecule has 0 N–H and O–H groups in total. The van der Waals surface area contributed by atoms with Crippen LogP contribution in [0.4, 0.5) is 0 Å². The molecule has 1 saturated carbocycles. The molecule has 0 unspecified atom stereocenters. The molecule has 4 rings (SSSR count). The first-order chi connectivity index (χ1) is 10.4. The van der Waals surface area contributed by atoms with E-state index in [0.717, 1.165) is 28.9 Å². The van der Waals surface area contributed by atoms with Crippen molar-refractivity contribution in [2.24, 2.45) is 18.4 Å². The van der Waals surface area contributed by atoms with Crippen LogP contribution < -0.4 is 0 Å². The van der Waals surface area contributed by atoms with Gasteiger partial charge in [0.2, 0.25) is 0 Å². The van der Waals surface area contributed by atoms with E-state index in [1.807, 2.05) is 24.7 Å². The minimum atomic E-state index is -0.218. The Morgan fingerprint density at radius 1 is 1.55 bits per heavy atom. The molecule has 2 aliphatic rings. The van der Waals surface area contributed by atoms with Crippen molar-refractivity contribution in [1.82, 2.24) is 9.78 Å². The second-order valence-corrected chi connectivity index (χ2v) is 7.96. The molecule has 0 aromatic carbocycles. The Balaban J connectivity index is 1.57. The second-order valence-electron chi connectivity index (χ2n) is 6.93. The molecule has 2 aromatic rings. The summed E-state index contributed by atoms with van der Waals surface area (Å²) in [4.78, 5) is 14.2. The molecule has 22 heavy (non-hydrogen) atoms. The van der Waals surface area contributed by atoms with Crippen LogP contribution in [0, 0.1) is 18.3 Å². The van der Waals surface area contributed by atoms with Gasteiger partial charge in [0.25, 0.3) is 0 Å². The number of hydrogen-bond donors (Lipinski definition) is 0. The van der Waals surface area contributed by atoms with E-state index in [9.17, 15) is 4.79 Å². The summed E-state index contributed by atoms with van der Waals surface area (Å²) in [6.07, 6.45) is 1.18. The Labute approximate surface area is 133 Å². The second kappa shape index (κ2) is 4.55. The summed E-state index contributed by atoms with van der Waals surface area (Å²) in [6.45, 7) is 6.98. The van der Waals surface area contributed by atoms with Crippen molar-refractivity contribution in [3.8, 4) is 0 Å². The van der Waals surface area contributed by atoms with E-state index in [1.165, 1.54) is 11.3 Å². The fourth-order valence-corrected chi connectivity index (χ4v) is 5.00. The molecule has 118 valence electrons. The SMILES string of the molecule is Cc1nn(C)c2sc(C(=O)O[C@H]3[C@@H]4CCO[C@@H]4C3(C)C)cc12. The summed E-state index contributed by atoms with van der Waals surface area (Å²) in [5.41, 5.74) is 0.853. The smallest absolute Gasteiger partial charge is 0.348 e. The molecule has 1 saturated heterocycles. The minimum absolute atomic E-state index is 0.0445. The normalized spacial score (nSPS) is 29.4. The summed E-state index contributed by atoms with van der Waals surface area (Å²) in [6, 6.07) is 1.90. The highest BCUT2D eigenvalue weighted by molar-refractivity contribution is 7.20. The van der Waals surface area contributed by atoms with Crippen molar-refractivity contribution < 1.29 is 14.3 Å². The standard InChI is InChI=1S/C16H20N2O3S/c1-8-10-7-11(22-14(10)18(4)17-8)15(19)21-13-9-5-6-20-12(9)16(13,2)3/h7,9,12-13H,5-6H2,1-4H3/t9-,12+,13+/m1/s1. The van der Waals surface area contributed by atoms with E-state index in [4.69, 9.17) is 9.47 Å². The number of rotatable bonds is 2. The van der Waals surface area contributed by atoms with Gasteiger partial charge in [-0.2, -0.15) is 5.10 Å². The van der Waals surface area contributed by atoms with Gasteiger partial charge in [0, 0.05) is 30.4 Å². The number of fused-ring (bicyclic) bond motifs is 2. The number of carbonyl (C=O) groups excluding carboxylic acids is 1. The number of thiophene rings is 1. The largest absolute Gasteiger partial charge is 0.457 e. The van der Waals surface area contributed by atoms with Gasteiger partial charge in [0.1, 0.15) is 15.8 Å². The van der Waals surface area contributed by atoms with Gasteiger partial charge in [-0.05, 0) is 19.4 Å². The maximum absolute atomic E-state index is 12.5. The molecule has 5 nitrogen and oxygen atoms in total. The lowest BCUT2D eigenvalue weighted by Gasteiger charge is -2.53. The molecule has 0 bridgehead atoms. The summed E-state index contributed by atoms with van der Waals surface area (Å²) >= 11 is 1.45. The molecule has 0 spiro atoms. The Morgan fingerprint density at radius 3 is 3.05 bits per heavy atom. The van der Waals surface area contributed by atoms with Crippen LogP contribution in [0.25, 0.3) is 10.2 Å². The predicted octanol–water partition coefficient (Wildman–Crippen LogP) is 2.91. The number of aromatic nitrogens is 2. The van der Waals surface area contributed by atoms with Crippen molar-refractivity contribution in [2.75, 3.05) is 6.61 Å². The third-order valence-electron chi connectivity index (χ3n) is 5.12. The van der Waals surface area contributed by atoms with E-state index in [1.54, 1.807) is 0 Å². The van der Waals surface area contributed by atoms with Crippen molar-refractivity contribution in [1.29, 1.82) is 0 Å². The van der Waals surface area contributed by atoms with Crippen LogP contribution in [0.1, 0.15) is 35.6 Å². The maximum Gasteiger partial charge on any atom is 0.348 e. The first-order valence-corrected chi connectivity index (χ1v) is 8.47. The zero-order valence-corrected chi connectivity index (χ0v) is 14.1. The van der Waals surface area contributed by atoms with Gasteiger partial charge < -0.3 is 9.47 Å². The van der Waals surface area contributed by atoms with Crippen LogP contribution in [-0.4, -0.2) is 34.6 Å². The van der Waals surface area contributed by atoms with Crippen molar-refractivity contribution in [3.63, 3.8) is 0 Å². The van der Waals surface area contributed by atoms with Gasteiger partial charge in [-0.3, -0.25) is 4.68 Å². The van der Waals surface area contributed by atoms with E-state index in [2.05, 4.69) is 18.9 Å². The minimum Gasteiger partial charge on any atom is -0.457 e. The van der Waals surface area contributed by atoms with Crippen LogP contribution in [0.2, 0.25) is 0 Å². The van der Waals surface area contributed by atoms with Crippen molar-refractivity contribution in [2.45, 2.75) is 39.4 Å². The van der Waals surface area contributed by atoms with Crippen molar-refractivity contribution >= 4 is 27.5 Å². The molecule has 2 aromatic heterocycles. The fourth-order valence-electron chi connectivity index (χ4n) is 4.00. The molecule has 0 radical (unpaired) electrons. The topological polar surface area (TPSA) is 53.4 Å². The molecule has 2 fully saturated rings. The van der Waals surface area contributed by atoms with Gasteiger partial charge in [0.15, 0.2) is 0 Å². The summed E-state index contributed by atoms with van der Waals surface area (Å²) in [5.74, 6) is 0.140. The lowest BCUT2D eigenvalue weighted by Crippen LogP contribution is -2.61. The molecule has 1 aliphatic carbocycles. The molecular formula is C16H20N2O3S. The average molecular weight is 320 g/mol. The molecule has 6 heteroatoms. The summed E-state index contributed by atoms with van der Waals surface area (Å²) < 4.78 is 13.4. The van der Waals surface area contributed by atoms with Crippen LogP contribution in [-0.2, 0) is 16.5 Å². The van der Waals surface area contributed by atoms with E-state index in [-0.39, 0.29) is 23.6 Å². The Kier molecular flexibility index (Phi) is 2.94. The highest BCUT2D eigenvalue weighted by Gasteiger charge is 2.61. The van der Waals surface area contributed by atoms with Gasteiger partial charge >= 0.3 is 5.97 Å². The van der Waals surface area contributed by atoms with Crippen LogP contribution in [0.5, 0.6) is 0 Å². The van der Waals surface area contributed by atoms with E-state index in [0.29, 0.717) is 10.8 Å². The number of aryl methyl sites for hydroxylation is 2.